The minimum absolute atomic E-state index is 0.537. The van der Waals surface area contributed by atoms with Crippen molar-refractivity contribution in [3.05, 3.63) is 152 Å². The van der Waals surface area contributed by atoms with E-state index in [1.54, 1.807) is 22.7 Å². The fraction of sp³-hybridized carbons (Fsp3) is 0. The Labute approximate surface area is 306 Å². The zero-order valence-corrected chi connectivity index (χ0v) is 30.0. The van der Waals surface area contributed by atoms with E-state index < -0.39 is 8.24 Å². The van der Waals surface area contributed by atoms with Gasteiger partial charge in [0.2, 0.25) is 0 Å². The van der Waals surface area contributed by atoms with Gasteiger partial charge < -0.3 is 4.23 Å². The van der Waals surface area contributed by atoms with Crippen LogP contribution in [0.25, 0.3) is 75.9 Å². The normalized spacial score (nSPS) is 15.0. The highest BCUT2D eigenvalue weighted by Crippen LogP contribution is 2.36. The number of rotatable bonds is 5. The Kier molecular flexibility index (Phi) is 6.47. The summed E-state index contributed by atoms with van der Waals surface area (Å²) in [6, 6.07) is 53.3. The van der Waals surface area contributed by atoms with Gasteiger partial charge in [-0.05, 0) is 58.0 Å². The average Bonchev–Trinajstić information content (AvgIpc) is 3.99. The van der Waals surface area contributed by atoms with E-state index in [4.69, 9.17) is 29.9 Å². The van der Waals surface area contributed by atoms with Gasteiger partial charge in [0.05, 0.1) is 31.5 Å². The van der Waals surface area contributed by atoms with E-state index in [2.05, 4.69) is 119 Å². The molecule has 0 radical (unpaired) electrons. The number of para-hydroxylation sites is 4. The standard InChI is InChI=1S/C42H25N7S2Si/c1-2-14-27(15-3-1)52(36-24-11-4-17-29(36)40-43-30-18-5-8-21-33(30)49(40)52)28-16-12-13-26(25-28)37-46-38(41-44-31-19-6-9-22-34(31)50-41)48-39(47-37)42-45-32-20-7-10-23-35(32)51-42/h1-25H. The topological polar surface area (TPSA) is 82.3 Å². The molecular weight excluding hydrogens is 695 g/mol. The van der Waals surface area contributed by atoms with Crippen molar-refractivity contribution in [1.29, 1.82) is 0 Å². The van der Waals surface area contributed by atoms with Gasteiger partial charge in [-0.2, -0.15) is 0 Å². The van der Waals surface area contributed by atoms with Crippen molar-refractivity contribution < 1.29 is 0 Å². The van der Waals surface area contributed by atoms with E-state index in [9.17, 15) is 0 Å². The Morgan fingerprint density at radius 2 is 1.02 bits per heavy atom. The lowest BCUT2D eigenvalue weighted by molar-refractivity contribution is 1.07. The molecule has 0 spiro atoms. The summed E-state index contributed by atoms with van der Waals surface area (Å²) in [5.41, 5.74) is 6.05. The van der Waals surface area contributed by atoms with Crippen molar-refractivity contribution in [3.63, 3.8) is 0 Å². The molecule has 1 atom stereocenters. The van der Waals surface area contributed by atoms with Gasteiger partial charge in [0.25, 0.3) is 8.24 Å². The van der Waals surface area contributed by atoms with Crippen molar-refractivity contribution in [2.75, 3.05) is 0 Å². The summed E-state index contributed by atoms with van der Waals surface area (Å²) in [4.78, 5) is 30.4. The van der Waals surface area contributed by atoms with Gasteiger partial charge >= 0.3 is 0 Å². The van der Waals surface area contributed by atoms with Crippen LogP contribution in [0.5, 0.6) is 0 Å². The number of fused-ring (bicyclic) bond motifs is 7. The van der Waals surface area contributed by atoms with Gasteiger partial charge in [0, 0.05) is 11.1 Å². The molecule has 5 heterocycles. The Bertz CT molecular complexity index is 2850. The fourth-order valence-electron chi connectivity index (χ4n) is 7.59. The number of thiazole rings is 2. The molecule has 0 amide bonds. The van der Waals surface area contributed by atoms with Crippen LogP contribution in [0.15, 0.2) is 152 Å². The van der Waals surface area contributed by atoms with E-state index in [0.717, 1.165) is 52.9 Å². The lowest BCUT2D eigenvalue weighted by Gasteiger charge is -2.32. The molecule has 52 heavy (non-hydrogen) atoms. The van der Waals surface area contributed by atoms with E-state index in [-0.39, 0.29) is 0 Å². The predicted octanol–water partition coefficient (Wildman–Crippen LogP) is 7.94. The molecule has 0 aliphatic carbocycles. The highest BCUT2D eigenvalue weighted by atomic mass is 32.1. The van der Waals surface area contributed by atoms with Gasteiger partial charge in [0.1, 0.15) is 5.82 Å². The molecule has 1 aliphatic rings. The van der Waals surface area contributed by atoms with Crippen LogP contribution in [-0.2, 0) is 0 Å². The fourth-order valence-corrected chi connectivity index (χ4v) is 14.4. The number of hydrogen-bond donors (Lipinski definition) is 0. The van der Waals surface area contributed by atoms with Gasteiger partial charge in [-0.1, -0.05) is 109 Å². The Morgan fingerprint density at radius 3 is 1.73 bits per heavy atom. The third kappa shape index (κ3) is 4.35. The first kappa shape index (κ1) is 29.5. The van der Waals surface area contributed by atoms with E-state index in [1.165, 1.54) is 21.1 Å². The minimum Gasteiger partial charge on any atom is -0.339 e. The number of benzene rings is 6. The monoisotopic (exact) mass is 719 g/mol. The summed E-state index contributed by atoms with van der Waals surface area (Å²) in [6.45, 7) is 0. The molecule has 0 saturated carbocycles. The van der Waals surface area contributed by atoms with Crippen LogP contribution in [0.1, 0.15) is 0 Å². The molecule has 1 aliphatic heterocycles. The molecule has 0 bridgehead atoms. The van der Waals surface area contributed by atoms with Gasteiger partial charge in [0.15, 0.2) is 27.5 Å². The summed E-state index contributed by atoms with van der Waals surface area (Å²) in [5, 5.41) is 5.31. The first-order valence-corrected chi connectivity index (χ1v) is 20.5. The summed E-state index contributed by atoms with van der Waals surface area (Å²) in [6.07, 6.45) is 0. The van der Waals surface area contributed by atoms with Gasteiger partial charge in [-0.3, -0.25) is 0 Å². The molecule has 6 aromatic carbocycles. The van der Waals surface area contributed by atoms with Crippen molar-refractivity contribution in [3.8, 4) is 44.4 Å². The molecule has 10 aromatic rings. The molecular formula is C42H25N7S2Si. The zero-order chi connectivity index (χ0) is 34.2. The quantitative estimate of drug-likeness (QED) is 0.168. The van der Waals surface area contributed by atoms with Crippen molar-refractivity contribution in [1.82, 2.24) is 34.1 Å². The van der Waals surface area contributed by atoms with Crippen LogP contribution in [-0.4, -0.2) is 42.4 Å². The molecule has 11 rings (SSSR count). The van der Waals surface area contributed by atoms with Crippen LogP contribution in [0.3, 0.4) is 0 Å². The zero-order valence-electron chi connectivity index (χ0n) is 27.4. The highest BCUT2D eigenvalue weighted by molar-refractivity contribution is 7.22. The molecule has 0 saturated heterocycles. The first-order chi connectivity index (χ1) is 25.7. The predicted molar refractivity (Wildman–Crippen MR) is 214 cm³/mol. The number of imidazole rings is 1. The second kappa shape index (κ2) is 11.4. The molecule has 0 fully saturated rings. The van der Waals surface area contributed by atoms with Crippen LogP contribution < -0.4 is 15.6 Å². The van der Waals surface area contributed by atoms with Crippen molar-refractivity contribution in [2.45, 2.75) is 0 Å². The van der Waals surface area contributed by atoms with Crippen LogP contribution in [0, 0.1) is 0 Å². The minimum atomic E-state index is -2.94. The molecule has 244 valence electrons. The molecule has 10 heteroatoms. The molecule has 1 unspecified atom stereocenters. The van der Waals surface area contributed by atoms with E-state index >= 15 is 0 Å². The lowest BCUT2D eigenvalue weighted by atomic mass is 10.2. The third-order valence-electron chi connectivity index (χ3n) is 9.79. The summed E-state index contributed by atoms with van der Waals surface area (Å²) in [7, 11) is -2.94. The first-order valence-electron chi connectivity index (χ1n) is 17.0. The number of nitrogens with zero attached hydrogens (tertiary/aromatic N) is 7. The summed E-state index contributed by atoms with van der Waals surface area (Å²) >= 11 is 3.17. The number of hydrogen-bond acceptors (Lipinski definition) is 8. The van der Waals surface area contributed by atoms with Crippen LogP contribution in [0.4, 0.5) is 0 Å². The smallest absolute Gasteiger partial charge is 0.259 e. The lowest BCUT2D eigenvalue weighted by Crippen LogP contribution is -2.70. The maximum absolute atomic E-state index is 5.24. The largest absolute Gasteiger partial charge is 0.339 e. The Balaban J connectivity index is 1.17. The summed E-state index contributed by atoms with van der Waals surface area (Å²) < 4.78 is 4.72. The Hall–Kier alpha value is -6.20. The van der Waals surface area contributed by atoms with Crippen molar-refractivity contribution in [2.24, 2.45) is 0 Å². The maximum atomic E-state index is 5.24. The number of aromatic nitrogens is 7. The van der Waals surface area contributed by atoms with Crippen molar-refractivity contribution >= 4 is 77.9 Å². The molecule has 7 nitrogen and oxygen atoms in total. The third-order valence-corrected chi connectivity index (χ3v) is 16.5. The van der Waals surface area contributed by atoms with Crippen LogP contribution >= 0.6 is 22.7 Å². The average molecular weight is 720 g/mol. The molecule has 0 N–H and O–H groups in total. The van der Waals surface area contributed by atoms with E-state index in [0.29, 0.717) is 17.5 Å². The highest BCUT2D eigenvalue weighted by Gasteiger charge is 2.50. The second-order valence-corrected chi connectivity index (χ2v) is 18.4. The van der Waals surface area contributed by atoms with Gasteiger partial charge in [-0.15, -0.1) is 22.7 Å². The summed E-state index contributed by atoms with van der Waals surface area (Å²) in [5.74, 6) is 2.67. The molecule has 4 aromatic heterocycles. The maximum Gasteiger partial charge on any atom is 0.259 e. The SMILES string of the molecule is c1ccc([Si]2(c3cccc(-c4nc(-c5nc6ccccc6s5)nc(-c5nc6ccccc6s5)n4)c3)c3ccccc3-c3nc4ccccc4n32)cc1. The Morgan fingerprint density at radius 1 is 0.442 bits per heavy atom. The van der Waals surface area contributed by atoms with E-state index in [1.807, 2.05) is 36.4 Å². The van der Waals surface area contributed by atoms with Crippen LogP contribution in [0.2, 0.25) is 0 Å². The van der Waals surface area contributed by atoms with Gasteiger partial charge in [-0.25, -0.2) is 29.9 Å². The second-order valence-electron chi connectivity index (χ2n) is 12.7.